The fourth-order valence-corrected chi connectivity index (χ4v) is 1.71. The Morgan fingerprint density at radius 2 is 1.95 bits per heavy atom. The molecule has 1 atom stereocenters. The molecule has 1 aromatic carbocycles. The van der Waals surface area contributed by atoms with Crippen LogP contribution < -0.4 is 10.2 Å². The van der Waals surface area contributed by atoms with E-state index in [1.807, 2.05) is 0 Å². The second-order valence-electron chi connectivity index (χ2n) is 4.56. The van der Waals surface area contributed by atoms with E-state index in [-0.39, 0.29) is 18.7 Å². The van der Waals surface area contributed by atoms with Crippen LogP contribution in [0, 0.1) is 5.92 Å². The van der Waals surface area contributed by atoms with Crippen LogP contribution in [0.15, 0.2) is 29.4 Å². The van der Waals surface area contributed by atoms with Gasteiger partial charge in [0.15, 0.2) is 0 Å². The lowest BCUT2D eigenvalue weighted by atomic mass is 10.0. The Kier molecular flexibility index (Phi) is 6.88. The number of aliphatic carboxylic acids is 1. The molecule has 0 aliphatic heterocycles. The van der Waals surface area contributed by atoms with Crippen LogP contribution >= 0.6 is 0 Å². The summed E-state index contributed by atoms with van der Waals surface area (Å²) in [6.45, 7) is 3.48. The van der Waals surface area contributed by atoms with Gasteiger partial charge >= 0.3 is 11.9 Å². The second-order valence-corrected chi connectivity index (χ2v) is 4.56. The highest BCUT2D eigenvalue weighted by Gasteiger charge is 2.23. The number of rotatable bonds is 8. The average molecular weight is 308 g/mol. The average Bonchev–Trinajstić information content (AvgIpc) is 2.47. The zero-order valence-electron chi connectivity index (χ0n) is 12.8. The lowest BCUT2D eigenvalue weighted by molar-refractivity contribution is -0.137. The van der Waals surface area contributed by atoms with Crippen molar-refractivity contribution in [1.29, 1.82) is 0 Å². The fraction of sp³-hybridized carbons (Fsp3) is 0.400. The maximum absolute atomic E-state index is 11.9. The number of hydrogen-bond donors (Lipinski definition) is 2. The van der Waals surface area contributed by atoms with Crippen molar-refractivity contribution in [2.24, 2.45) is 11.0 Å². The Labute approximate surface area is 128 Å². The topological polar surface area (TPSA) is 97.2 Å². The smallest absolute Gasteiger partial charge is 0.354 e. The first-order valence-electron chi connectivity index (χ1n) is 6.84. The van der Waals surface area contributed by atoms with Crippen molar-refractivity contribution >= 4 is 23.3 Å². The number of methoxy groups -OCH3 is 1. The van der Waals surface area contributed by atoms with Crippen LogP contribution in [0.1, 0.15) is 20.3 Å². The van der Waals surface area contributed by atoms with E-state index in [1.165, 1.54) is 0 Å². The van der Waals surface area contributed by atoms with Gasteiger partial charge in [-0.1, -0.05) is 6.92 Å². The summed E-state index contributed by atoms with van der Waals surface area (Å²) < 4.78 is 9.95. The molecule has 1 aromatic rings. The molecule has 1 rings (SSSR count). The molecule has 0 radical (unpaired) electrons. The third-order valence-corrected chi connectivity index (χ3v) is 2.83. The molecule has 0 aromatic heterocycles. The highest BCUT2D eigenvalue weighted by atomic mass is 16.5. The summed E-state index contributed by atoms with van der Waals surface area (Å²) in [6.07, 6.45) is -0.206. The molecule has 0 spiro atoms. The van der Waals surface area contributed by atoms with E-state index in [1.54, 1.807) is 45.2 Å². The van der Waals surface area contributed by atoms with Crippen LogP contribution in [0.4, 0.5) is 5.69 Å². The highest BCUT2D eigenvalue weighted by molar-refractivity contribution is 6.37. The maximum Gasteiger partial charge on any atom is 0.354 e. The van der Waals surface area contributed by atoms with Gasteiger partial charge in [-0.2, -0.15) is 5.10 Å². The molecule has 0 aliphatic carbocycles. The third kappa shape index (κ3) is 5.43. The Hall–Kier alpha value is -2.57. The maximum atomic E-state index is 11.9. The molecule has 0 heterocycles. The minimum Gasteiger partial charge on any atom is -0.497 e. The van der Waals surface area contributed by atoms with Crippen molar-refractivity contribution in [3.8, 4) is 5.75 Å². The van der Waals surface area contributed by atoms with Crippen LogP contribution in [0.2, 0.25) is 0 Å². The molecular formula is C15H20N2O5. The summed E-state index contributed by atoms with van der Waals surface area (Å²) >= 11 is 0. The first kappa shape index (κ1) is 17.5. The molecule has 22 heavy (non-hydrogen) atoms. The largest absolute Gasteiger partial charge is 0.497 e. The molecule has 0 amide bonds. The van der Waals surface area contributed by atoms with Crippen molar-refractivity contribution in [1.82, 2.24) is 0 Å². The Balaban J connectivity index is 2.88. The van der Waals surface area contributed by atoms with Gasteiger partial charge in [-0.15, -0.1) is 0 Å². The lowest BCUT2D eigenvalue weighted by Gasteiger charge is -2.12. The van der Waals surface area contributed by atoms with Crippen molar-refractivity contribution in [3.05, 3.63) is 24.3 Å². The second kappa shape index (κ2) is 8.66. The van der Waals surface area contributed by atoms with E-state index in [0.717, 1.165) is 0 Å². The standard InChI is InChI=1S/C15H20N2O5/c1-4-22-15(20)14(10(2)9-13(18)19)17-16-11-5-7-12(21-3)8-6-11/h5-8,10,16H,4,9H2,1-3H3,(H,18,19)/b17-14-/t10-/m1/s1. The van der Waals surface area contributed by atoms with Crippen LogP contribution in [0.3, 0.4) is 0 Å². The van der Waals surface area contributed by atoms with Gasteiger partial charge in [-0.05, 0) is 31.2 Å². The monoisotopic (exact) mass is 308 g/mol. The molecule has 120 valence electrons. The van der Waals surface area contributed by atoms with E-state index in [2.05, 4.69) is 10.5 Å². The SMILES string of the molecule is CCOC(=O)/C(=N\Nc1ccc(OC)cc1)[C@H](C)CC(=O)O. The number of benzene rings is 1. The number of carboxylic acids is 1. The minimum absolute atomic E-state index is 0.0417. The van der Waals surface area contributed by atoms with Gasteiger partial charge < -0.3 is 14.6 Å². The molecule has 0 bridgehead atoms. The predicted molar refractivity (Wildman–Crippen MR) is 82.1 cm³/mol. The van der Waals surface area contributed by atoms with E-state index < -0.39 is 17.9 Å². The molecule has 0 unspecified atom stereocenters. The van der Waals surface area contributed by atoms with Gasteiger partial charge in [0.25, 0.3) is 0 Å². The highest BCUT2D eigenvalue weighted by Crippen LogP contribution is 2.15. The Morgan fingerprint density at radius 1 is 1.32 bits per heavy atom. The summed E-state index contributed by atoms with van der Waals surface area (Å²) in [5.41, 5.74) is 3.41. The number of hydrazone groups is 1. The summed E-state index contributed by atoms with van der Waals surface area (Å²) in [4.78, 5) is 22.7. The number of ether oxygens (including phenoxy) is 2. The number of carbonyl (C=O) groups excluding carboxylic acids is 1. The normalized spacial score (nSPS) is 12.4. The quantitative estimate of drug-likeness (QED) is 0.434. The number of hydrogen-bond acceptors (Lipinski definition) is 6. The van der Waals surface area contributed by atoms with Crippen molar-refractivity contribution in [2.45, 2.75) is 20.3 Å². The molecule has 0 saturated carbocycles. The van der Waals surface area contributed by atoms with Gasteiger partial charge in [0, 0.05) is 5.92 Å². The summed E-state index contributed by atoms with van der Waals surface area (Å²) in [5.74, 6) is -1.51. The number of nitrogens with zero attached hydrogens (tertiary/aromatic N) is 1. The molecule has 7 nitrogen and oxygen atoms in total. The summed E-state index contributed by atoms with van der Waals surface area (Å²) in [5, 5.41) is 12.9. The first-order chi connectivity index (χ1) is 10.5. The first-order valence-corrected chi connectivity index (χ1v) is 6.84. The summed E-state index contributed by atoms with van der Waals surface area (Å²) in [6, 6.07) is 6.94. The van der Waals surface area contributed by atoms with Gasteiger partial charge in [-0.3, -0.25) is 10.2 Å². The number of anilines is 1. The van der Waals surface area contributed by atoms with Crippen LogP contribution in [-0.4, -0.2) is 36.5 Å². The predicted octanol–water partition coefficient (Wildman–Crippen LogP) is 2.14. The van der Waals surface area contributed by atoms with Gasteiger partial charge in [0.2, 0.25) is 0 Å². The number of carboxylic acid groups (broad SMARTS) is 1. The zero-order chi connectivity index (χ0) is 16.5. The number of carbonyl (C=O) groups is 2. The summed E-state index contributed by atoms with van der Waals surface area (Å²) in [7, 11) is 1.56. The molecule has 0 saturated heterocycles. The van der Waals surface area contributed by atoms with Crippen molar-refractivity contribution in [3.63, 3.8) is 0 Å². The number of nitrogens with one attached hydrogen (secondary N) is 1. The molecule has 0 fully saturated rings. The van der Waals surface area contributed by atoms with Gasteiger partial charge in [-0.25, -0.2) is 4.79 Å². The van der Waals surface area contributed by atoms with E-state index in [9.17, 15) is 9.59 Å². The van der Waals surface area contributed by atoms with Crippen LogP contribution in [-0.2, 0) is 14.3 Å². The van der Waals surface area contributed by atoms with E-state index >= 15 is 0 Å². The zero-order valence-corrected chi connectivity index (χ0v) is 12.8. The van der Waals surface area contributed by atoms with Crippen LogP contribution in [0.25, 0.3) is 0 Å². The van der Waals surface area contributed by atoms with E-state index in [4.69, 9.17) is 14.6 Å². The molecule has 7 heteroatoms. The van der Waals surface area contributed by atoms with Crippen LogP contribution in [0.5, 0.6) is 5.75 Å². The minimum atomic E-state index is -1.01. The van der Waals surface area contributed by atoms with Gasteiger partial charge in [0.1, 0.15) is 11.5 Å². The Bertz CT molecular complexity index is 539. The third-order valence-electron chi connectivity index (χ3n) is 2.83. The van der Waals surface area contributed by atoms with E-state index in [0.29, 0.717) is 11.4 Å². The molecular weight excluding hydrogens is 288 g/mol. The molecule has 2 N–H and O–H groups in total. The van der Waals surface area contributed by atoms with Crippen molar-refractivity contribution in [2.75, 3.05) is 19.1 Å². The van der Waals surface area contributed by atoms with Crippen molar-refractivity contribution < 1.29 is 24.2 Å². The van der Waals surface area contributed by atoms with Gasteiger partial charge in [0.05, 0.1) is 25.8 Å². The number of esters is 1. The fourth-order valence-electron chi connectivity index (χ4n) is 1.71. The lowest BCUT2D eigenvalue weighted by Crippen LogP contribution is -2.27. The Morgan fingerprint density at radius 3 is 2.45 bits per heavy atom. The molecule has 0 aliphatic rings.